The fourth-order valence-electron chi connectivity index (χ4n) is 3.27. The Hall–Kier alpha value is -2.31. The second-order valence-electron chi connectivity index (χ2n) is 6.50. The zero-order valence-electron chi connectivity index (χ0n) is 15.1. The molecule has 1 saturated heterocycles. The zero-order valence-corrected chi connectivity index (χ0v) is 16.7. The van der Waals surface area contributed by atoms with Crippen molar-refractivity contribution in [3.05, 3.63) is 53.1 Å². The van der Waals surface area contributed by atoms with Crippen LogP contribution in [0.25, 0.3) is 10.2 Å². The number of nitrogens with zero attached hydrogens (tertiary/aromatic N) is 3. The van der Waals surface area contributed by atoms with Gasteiger partial charge in [-0.05, 0) is 30.2 Å². The number of rotatable bonds is 3. The molecule has 3 aromatic rings. The van der Waals surface area contributed by atoms with Crippen molar-refractivity contribution in [3.63, 3.8) is 0 Å². The molecule has 140 valence electrons. The van der Waals surface area contributed by atoms with Crippen LogP contribution in [0.1, 0.15) is 12.5 Å². The van der Waals surface area contributed by atoms with Crippen LogP contribution in [-0.4, -0.2) is 42.1 Å². The molecule has 7 heteroatoms. The maximum absolute atomic E-state index is 12.5. The minimum absolute atomic E-state index is 0.111. The Balaban J connectivity index is 1.41. The topological polar surface area (TPSA) is 48.5 Å². The number of para-hydroxylation sites is 2. The number of anilines is 2. The molecular weight excluding hydrogens is 380 g/mol. The summed E-state index contributed by atoms with van der Waals surface area (Å²) in [6.07, 6.45) is 0.983. The first-order chi connectivity index (χ1) is 13.2. The Morgan fingerprint density at radius 1 is 1.15 bits per heavy atom. The lowest BCUT2D eigenvalue weighted by atomic mass is 10.1. The van der Waals surface area contributed by atoms with Crippen LogP contribution >= 0.6 is 22.9 Å². The molecule has 0 atom stereocenters. The number of aryl methyl sites for hydroxylation is 1. The molecule has 2 heterocycles. The molecular formula is C20H21ClN4OS. The van der Waals surface area contributed by atoms with Gasteiger partial charge >= 0.3 is 6.03 Å². The third kappa shape index (κ3) is 3.73. The van der Waals surface area contributed by atoms with E-state index in [0.717, 1.165) is 30.2 Å². The lowest BCUT2D eigenvalue weighted by molar-refractivity contribution is 0.208. The van der Waals surface area contributed by atoms with Crippen LogP contribution in [0.2, 0.25) is 5.02 Å². The molecule has 5 nitrogen and oxygen atoms in total. The summed E-state index contributed by atoms with van der Waals surface area (Å²) in [5, 5.41) is 4.48. The molecule has 1 aliphatic heterocycles. The lowest BCUT2D eigenvalue weighted by Gasteiger charge is -2.34. The molecule has 27 heavy (non-hydrogen) atoms. The minimum atomic E-state index is -0.111. The highest BCUT2D eigenvalue weighted by atomic mass is 35.5. The fraction of sp³-hybridized carbons (Fsp3) is 0.300. The third-order valence-electron chi connectivity index (χ3n) is 4.83. The molecule has 0 saturated carbocycles. The van der Waals surface area contributed by atoms with Crippen molar-refractivity contribution >= 4 is 50.0 Å². The number of piperazine rings is 1. The van der Waals surface area contributed by atoms with Gasteiger partial charge in [0.1, 0.15) is 0 Å². The highest BCUT2D eigenvalue weighted by Gasteiger charge is 2.23. The van der Waals surface area contributed by atoms with E-state index >= 15 is 0 Å². The van der Waals surface area contributed by atoms with Crippen molar-refractivity contribution in [1.29, 1.82) is 0 Å². The number of benzene rings is 2. The first-order valence-electron chi connectivity index (χ1n) is 9.09. The number of thiazole rings is 1. The second kappa shape index (κ2) is 7.74. The normalized spacial score (nSPS) is 14.6. The first-order valence-corrected chi connectivity index (χ1v) is 10.3. The van der Waals surface area contributed by atoms with E-state index in [1.54, 1.807) is 17.4 Å². The van der Waals surface area contributed by atoms with Crippen LogP contribution in [0.15, 0.2) is 42.5 Å². The minimum Gasteiger partial charge on any atom is -0.345 e. The number of carbonyl (C=O) groups excluding carboxylic acids is 1. The number of hydrogen-bond donors (Lipinski definition) is 1. The number of aromatic nitrogens is 1. The fourth-order valence-corrected chi connectivity index (χ4v) is 4.52. The third-order valence-corrected chi connectivity index (χ3v) is 6.24. The molecule has 0 aliphatic carbocycles. The summed E-state index contributed by atoms with van der Waals surface area (Å²) in [6, 6.07) is 13.5. The van der Waals surface area contributed by atoms with Crippen LogP contribution in [0.4, 0.5) is 15.6 Å². The van der Waals surface area contributed by atoms with E-state index in [4.69, 9.17) is 16.6 Å². The van der Waals surface area contributed by atoms with Crippen molar-refractivity contribution in [3.8, 4) is 0 Å². The zero-order chi connectivity index (χ0) is 18.8. The quantitative estimate of drug-likeness (QED) is 0.682. The Labute approximate surface area is 167 Å². The Kier molecular flexibility index (Phi) is 5.18. The van der Waals surface area contributed by atoms with E-state index < -0.39 is 0 Å². The van der Waals surface area contributed by atoms with Crippen molar-refractivity contribution in [1.82, 2.24) is 9.88 Å². The van der Waals surface area contributed by atoms with Crippen molar-refractivity contribution < 1.29 is 4.79 Å². The van der Waals surface area contributed by atoms with Gasteiger partial charge in [-0.25, -0.2) is 9.78 Å². The van der Waals surface area contributed by atoms with Crippen LogP contribution < -0.4 is 10.2 Å². The molecule has 1 fully saturated rings. The summed E-state index contributed by atoms with van der Waals surface area (Å²) >= 11 is 7.85. The van der Waals surface area contributed by atoms with E-state index in [1.165, 1.54) is 10.3 Å². The predicted octanol–water partition coefficient (Wildman–Crippen LogP) is 4.87. The molecule has 0 spiro atoms. The average molecular weight is 401 g/mol. The van der Waals surface area contributed by atoms with E-state index in [0.29, 0.717) is 23.8 Å². The van der Waals surface area contributed by atoms with E-state index in [2.05, 4.69) is 35.3 Å². The molecule has 1 aromatic heterocycles. The Morgan fingerprint density at radius 2 is 1.93 bits per heavy atom. The highest BCUT2D eigenvalue weighted by molar-refractivity contribution is 7.22. The second-order valence-corrected chi connectivity index (χ2v) is 7.91. The summed E-state index contributed by atoms with van der Waals surface area (Å²) < 4.78 is 1.23. The van der Waals surface area contributed by atoms with Gasteiger partial charge in [0.2, 0.25) is 0 Å². The van der Waals surface area contributed by atoms with Gasteiger partial charge in [-0.15, -0.1) is 0 Å². The van der Waals surface area contributed by atoms with Gasteiger partial charge in [-0.2, -0.15) is 0 Å². The maximum Gasteiger partial charge on any atom is 0.322 e. The van der Waals surface area contributed by atoms with Crippen molar-refractivity contribution in [2.75, 3.05) is 36.4 Å². The summed E-state index contributed by atoms with van der Waals surface area (Å²) in [5.74, 6) is 0. The van der Waals surface area contributed by atoms with Crippen LogP contribution in [0, 0.1) is 0 Å². The molecule has 0 bridgehead atoms. The molecule has 4 rings (SSSR count). The highest BCUT2D eigenvalue weighted by Crippen LogP contribution is 2.31. The van der Waals surface area contributed by atoms with E-state index in [1.807, 2.05) is 23.1 Å². The predicted molar refractivity (Wildman–Crippen MR) is 113 cm³/mol. The largest absolute Gasteiger partial charge is 0.345 e. The van der Waals surface area contributed by atoms with E-state index in [-0.39, 0.29) is 6.03 Å². The first kappa shape index (κ1) is 18.1. The summed E-state index contributed by atoms with van der Waals surface area (Å²) in [7, 11) is 0. The SMILES string of the molecule is CCc1cccc2sc(N3CCN(C(=O)Nc4ccccc4Cl)CC3)nc12. The van der Waals surface area contributed by atoms with Crippen LogP contribution in [0.5, 0.6) is 0 Å². The number of hydrogen-bond acceptors (Lipinski definition) is 4. The number of halogens is 1. The average Bonchev–Trinajstić information content (AvgIpc) is 3.14. The van der Waals surface area contributed by atoms with Crippen LogP contribution in [-0.2, 0) is 6.42 Å². The standard InChI is InChI=1S/C20H21ClN4OS/c1-2-14-6-5-9-17-18(14)23-20(27-17)25-12-10-24(11-13-25)19(26)22-16-8-4-3-7-15(16)21/h3-9H,2,10-13H2,1H3,(H,22,26). The summed E-state index contributed by atoms with van der Waals surface area (Å²) in [5.41, 5.74) is 3.04. The van der Waals surface area contributed by atoms with Crippen LogP contribution in [0.3, 0.4) is 0 Å². The number of fused-ring (bicyclic) bond motifs is 1. The van der Waals surface area contributed by atoms with Crippen molar-refractivity contribution in [2.45, 2.75) is 13.3 Å². The van der Waals surface area contributed by atoms with Gasteiger partial charge < -0.3 is 15.1 Å². The summed E-state index contributed by atoms with van der Waals surface area (Å²) in [4.78, 5) is 21.5. The van der Waals surface area contributed by atoms with Gasteiger partial charge in [-0.3, -0.25) is 0 Å². The Bertz CT molecular complexity index is 966. The molecule has 2 aromatic carbocycles. The van der Waals surface area contributed by atoms with Gasteiger partial charge in [0.05, 0.1) is 20.9 Å². The van der Waals surface area contributed by atoms with Gasteiger partial charge in [0, 0.05) is 26.2 Å². The number of nitrogens with one attached hydrogen (secondary N) is 1. The summed E-state index contributed by atoms with van der Waals surface area (Å²) in [6.45, 7) is 5.03. The van der Waals surface area contributed by atoms with Gasteiger partial charge in [-0.1, -0.05) is 54.1 Å². The van der Waals surface area contributed by atoms with E-state index in [9.17, 15) is 4.79 Å². The molecule has 0 unspecified atom stereocenters. The van der Waals surface area contributed by atoms with Gasteiger partial charge in [0.15, 0.2) is 5.13 Å². The smallest absolute Gasteiger partial charge is 0.322 e. The molecule has 1 N–H and O–H groups in total. The molecule has 1 aliphatic rings. The number of amides is 2. The number of carbonyl (C=O) groups is 1. The van der Waals surface area contributed by atoms with Gasteiger partial charge in [0.25, 0.3) is 0 Å². The Morgan fingerprint density at radius 3 is 2.67 bits per heavy atom. The maximum atomic E-state index is 12.5. The monoisotopic (exact) mass is 400 g/mol. The molecule has 0 radical (unpaired) electrons. The van der Waals surface area contributed by atoms with Crippen molar-refractivity contribution in [2.24, 2.45) is 0 Å². The molecule has 2 amide bonds. The number of urea groups is 1. The lowest BCUT2D eigenvalue weighted by Crippen LogP contribution is -2.50.